The van der Waals surface area contributed by atoms with Crippen LogP contribution < -0.4 is 25.2 Å². The lowest BCUT2D eigenvalue weighted by atomic mass is 10.0. The summed E-state index contributed by atoms with van der Waals surface area (Å²) >= 11 is 0. The van der Waals surface area contributed by atoms with Gasteiger partial charge in [-0.05, 0) is 47.7 Å². The van der Waals surface area contributed by atoms with Gasteiger partial charge in [-0.3, -0.25) is 24.2 Å². The summed E-state index contributed by atoms with van der Waals surface area (Å²) in [6, 6.07) is 11.2. The Balaban J connectivity index is 2.09. The molecule has 12 heteroatoms. The molecule has 0 aliphatic heterocycles. The molecule has 202 valence electrons. The van der Waals surface area contributed by atoms with Crippen molar-refractivity contribution in [3.8, 4) is 11.5 Å². The average Bonchev–Trinajstić information content (AvgIpc) is 2.81. The Kier molecular flexibility index (Phi) is 11.1. The van der Waals surface area contributed by atoms with Gasteiger partial charge in [-0.15, -0.1) is 0 Å². The quantitative estimate of drug-likeness (QED) is 0.243. The van der Waals surface area contributed by atoms with Crippen LogP contribution in [0.1, 0.15) is 38.3 Å². The highest BCUT2D eigenvalue weighted by molar-refractivity contribution is 7.46. The van der Waals surface area contributed by atoms with Crippen LogP contribution in [0.25, 0.3) is 0 Å². The Hall–Kier alpha value is -3.40. The Morgan fingerprint density at radius 2 is 1.43 bits per heavy atom. The minimum atomic E-state index is -4.70. The number of phosphoric ester groups is 1. The van der Waals surface area contributed by atoms with Crippen LogP contribution in [0.3, 0.4) is 0 Å². The summed E-state index contributed by atoms with van der Waals surface area (Å²) in [6.07, 6.45) is 0.477. The SMILES string of the molecule is COc1ccc(CNC(=O)[C@H](CC(C)C)NC(=O)[C@H](Cc2ccc(OP(=O)(O)O)cc2)NC(C)=O)cc1. The second-order valence-electron chi connectivity index (χ2n) is 8.94. The van der Waals surface area contributed by atoms with Crippen LogP contribution in [-0.4, -0.2) is 46.7 Å². The summed E-state index contributed by atoms with van der Waals surface area (Å²) in [5, 5.41) is 8.20. The van der Waals surface area contributed by atoms with Gasteiger partial charge in [0.25, 0.3) is 0 Å². The van der Waals surface area contributed by atoms with Crippen molar-refractivity contribution in [2.75, 3.05) is 7.11 Å². The van der Waals surface area contributed by atoms with E-state index < -0.39 is 31.7 Å². The summed E-state index contributed by atoms with van der Waals surface area (Å²) in [5.41, 5.74) is 1.47. The maximum Gasteiger partial charge on any atom is 0.524 e. The van der Waals surface area contributed by atoms with E-state index in [1.807, 2.05) is 26.0 Å². The van der Waals surface area contributed by atoms with Crippen molar-refractivity contribution in [2.45, 2.75) is 52.2 Å². The summed E-state index contributed by atoms with van der Waals surface area (Å²) in [6.45, 7) is 5.42. The van der Waals surface area contributed by atoms with E-state index in [-0.39, 0.29) is 30.5 Å². The lowest BCUT2D eigenvalue weighted by Gasteiger charge is -2.24. The maximum atomic E-state index is 13.1. The van der Waals surface area contributed by atoms with E-state index in [2.05, 4.69) is 20.5 Å². The van der Waals surface area contributed by atoms with Crippen LogP contribution in [0.15, 0.2) is 48.5 Å². The fourth-order valence-electron chi connectivity index (χ4n) is 3.55. The van der Waals surface area contributed by atoms with Crippen LogP contribution >= 0.6 is 7.82 Å². The molecule has 0 aliphatic carbocycles. The fraction of sp³-hybridized carbons (Fsp3) is 0.400. The number of phosphoric acid groups is 1. The predicted octanol–water partition coefficient (Wildman–Crippen LogP) is 2.06. The number of benzene rings is 2. The molecule has 2 rings (SSSR count). The normalized spacial score (nSPS) is 12.8. The smallest absolute Gasteiger partial charge is 0.497 e. The van der Waals surface area contributed by atoms with Crippen LogP contribution in [0.5, 0.6) is 11.5 Å². The molecule has 0 unspecified atom stereocenters. The number of methoxy groups -OCH3 is 1. The lowest BCUT2D eigenvalue weighted by molar-refractivity contribution is -0.132. The monoisotopic (exact) mass is 535 g/mol. The Morgan fingerprint density at radius 1 is 0.865 bits per heavy atom. The molecule has 3 amide bonds. The number of carbonyl (C=O) groups is 3. The van der Waals surface area contributed by atoms with Gasteiger partial charge >= 0.3 is 7.82 Å². The Morgan fingerprint density at radius 3 is 1.95 bits per heavy atom. The highest BCUT2D eigenvalue weighted by atomic mass is 31.2. The third kappa shape index (κ3) is 11.0. The molecule has 0 heterocycles. The zero-order valence-electron chi connectivity index (χ0n) is 21.3. The number of nitrogens with one attached hydrogen (secondary N) is 3. The van der Waals surface area contributed by atoms with Gasteiger partial charge in [-0.25, -0.2) is 4.57 Å². The number of rotatable bonds is 13. The minimum Gasteiger partial charge on any atom is -0.497 e. The molecule has 2 atom stereocenters. The summed E-state index contributed by atoms with van der Waals surface area (Å²) in [4.78, 5) is 55.7. The van der Waals surface area contributed by atoms with Gasteiger partial charge in [0, 0.05) is 19.9 Å². The van der Waals surface area contributed by atoms with Crippen molar-refractivity contribution in [1.82, 2.24) is 16.0 Å². The fourth-order valence-corrected chi connectivity index (χ4v) is 3.94. The highest BCUT2D eigenvalue weighted by Crippen LogP contribution is 2.37. The van der Waals surface area contributed by atoms with Crippen LogP contribution in [-0.2, 0) is 31.9 Å². The molecule has 0 fully saturated rings. The molecule has 0 radical (unpaired) electrons. The van der Waals surface area contributed by atoms with E-state index >= 15 is 0 Å². The van der Waals surface area contributed by atoms with E-state index in [0.29, 0.717) is 17.7 Å². The molecule has 0 aliphatic rings. The number of amides is 3. The molecule has 0 spiro atoms. The van der Waals surface area contributed by atoms with Crippen molar-refractivity contribution in [3.63, 3.8) is 0 Å². The first-order valence-electron chi connectivity index (χ1n) is 11.7. The standard InChI is InChI=1S/C25H34N3O8P/c1-16(2)13-22(24(30)26-15-19-7-9-20(35-4)10-8-19)28-25(31)23(27-17(3)29)14-18-5-11-21(12-6-18)36-37(32,33)34/h5-12,16,22-23H,13-15H2,1-4H3,(H,26,30)(H,27,29)(H,28,31)(H2,32,33,34)/t22-,23-/m0/s1. The van der Waals surface area contributed by atoms with Gasteiger partial charge in [0.1, 0.15) is 23.6 Å². The molecular weight excluding hydrogens is 501 g/mol. The number of hydrogen-bond donors (Lipinski definition) is 5. The van der Waals surface area contributed by atoms with Gasteiger partial charge in [-0.1, -0.05) is 38.1 Å². The van der Waals surface area contributed by atoms with Crippen LogP contribution in [0.4, 0.5) is 0 Å². The van der Waals surface area contributed by atoms with E-state index in [0.717, 1.165) is 5.56 Å². The molecule has 11 nitrogen and oxygen atoms in total. The maximum absolute atomic E-state index is 13.1. The van der Waals surface area contributed by atoms with Crippen molar-refractivity contribution in [2.24, 2.45) is 5.92 Å². The van der Waals surface area contributed by atoms with Crippen molar-refractivity contribution in [3.05, 3.63) is 59.7 Å². The average molecular weight is 536 g/mol. The van der Waals surface area contributed by atoms with E-state index in [1.54, 1.807) is 19.2 Å². The lowest BCUT2D eigenvalue weighted by Crippen LogP contribution is -2.54. The van der Waals surface area contributed by atoms with Gasteiger partial charge in [0.15, 0.2) is 0 Å². The van der Waals surface area contributed by atoms with E-state index in [4.69, 9.17) is 14.5 Å². The first-order chi connectivity index (χ1) is 17.4. The van der Waals surface area contributed by atoms with E-state index in [1.165, 1.54) is 31.2 Å². The van der Waals surface area contributed by atoms with Crippen molar-refractivity contribution < 1.29 is 38.0 Å². The Bertz CT molecular complexity index is 1100. The van der Waals surface area contributed by atoms with E-state index in [9.17, 15) is 18.9 Å². The van der Waals surface area contributed by atoms with Crippen LogP contribution in [0, 0.1) is 5.92 Å². The summed E-state index contributed by atoms with van der Waals surface area (Å²) in [5.74, 6) is -0.533. The van der Waals surface area contributed by atoms with Gasteiger partial charge in [-0.2, -0.15) is 0 Å². The zero-order chi connectivity index (χ0) is 27.6. The molecule has 2 aromatic carbocycles. The zero-order valence-corrected chi connectivity index (χ0v) is 22.2. The topological polar surface area (TPSA) is 163 Å². The third-order valence-corrected chi connectivity index (χ3v) is 5.70. The van der Waals surface area contributed by atoms with Gasteiger partial charge < -0.3 is 25.2 Å². The second kappa shape index (κ2) is 13.8. The van der Waals surface area contributed by atoms with Gasteiger partial charge in [0.2, 0.25) is 17.7 Å². The third-order valence-electron chi connectivity index (χ3n) is 5.25. The Labute approximate surface area is 216 Å². The molecule has 0 saturated carbocycles. The largest absolute Gasteiger partial charge is 0.524 e. The molecule has 0 aromatic heterocycles. The summed E-state index contributed by atoms with van der Waals surface area (Å²) < 4.78 is 20.7. The number of hydrogen-bond acceptors (Lipinski definition) is 6. The molecule has 0 bridgehead atoms. The number of carbonyl (C=O) groups excluding carboxylic acids is 3. The molecule has 5 N–H and O–H groups in total. The predicted molar refractivity (Wildman–Crippen MR) is 137 cm³/mol. The number of ether oxygens (including phenoxy) is 1. The van der Waals surface area contributed by atoms with Crippen molar-refractivity contribution in [1.29, 1.82) is 0 Å². The highest BCUT2D eigenvalue weighted by Gasteiger charge is 2.27. The molecule has 0 saturated heterocycles. The van der Waals surface area contributed by atoms with Crippen LogP contribution in [0.2, 0.25) is 0 Å². The summed E-state index contributed by atoms with van der Waals surface area (Å²) in [7, 11) is -3.13. The van der Waals surface area contributed by atoms with Crippen molar-refractivity contribution >= 4 is 25.5 Å². The minimum absolute atomic E-state index is 0.0388. The molecule has 2 aromatic rings. The first-order valence-corrected chi connectivity index (χ1v) is 13.2. The second-order valence-corrected chi connectivity index (χ2v) is 10.1. The molecule has 37 heavy (non-hydrogen) atoms. The molecular formula is C25H34N3O8P. The van der Waals surface area contributed by atoms with Gasteiger partial charge in [0.05, 0.1) is 7.11 Å². The first kappa shape index (κ1) is 29.8.